The molecule has 18 aromatic rings. The third-order valence-corrected chi connectivity index (χ3v) is 18.4. The Bertz CT molecular complexity index is 5580. The second-order valence-electron chi connectivity index (χ2n) is 23.6. The molecule has 0 bridgehead atoms. The van der Waals surface area contributed by atoms with Crippen molar-refractivity contribution >= 4 is 108 Å². The van der Waals surface area contributed by atoms with Crippen molar-refractivity contribution in [2.45, 2.75) is 13.8 Å². The fourth-order valence-corrected chi connectivity index (χ4v) is 14.5. The van der Waals surface area contributed by atoms with Crippen molar-refractivity contribution in [1.29, 1.82) is 0 Å². The number of rotatable bonds is 6. The molecule has 0 aliphatic heterocycles. The fraction of sp³-hybridized carbons (Fsp3) is 0.0233. The van der Waals surface area contributed by atoms with Crippen molar-refractivity contribution in [3.63, 3.8) is 0 Å². The van der Waals surface area contributed by atoms with Crippen molar-refractivity contribution in [3.05, 3.63) is 327 Å². The molecule has 2 nitrogen and oxygen atoms in total. The number of hydrogen-bond donors (Lipinski definition) is 0. The van der Waals surface area contributed by atoms with Crippen LogP contribution < -0.4 is 0 Å². The number of para-hydroxylation sites is 2. The molecule has 0 fully saturated rings. The van der Waals surface area contributed by atoms with Crippen molar-refractivity contribution in [3.8, 4) is 55.9 Å². The smallest absolute Gasteiger partial charge is 0.0541 e. The summed E-state index contributed by atoms with van der Waals surface area (Å²) in [6, 6.07) is 116. The summed E-state index contributed by atoms with van der Waals surface area (Å²) in [6.07, 6.45) is 0. The number of benzene rings is 16. The first-order valence-corrected chi connectivity index (χ1v) is 30.6. The summed E-state index contributed by atoms with van der Waals surface area (Å²) < 4.78 is 4.79. The molecule has 0 aliphatic carbocycles. The van der Waals surface area contributed by atoms with Gasteiger partial charge in [-0.3, -0.25) is 0 Å². The highest BCUT2D eigenvalue weighted by atomic mass is 15.0. The first-order valence-electron chi connectivity index (χ1n) is 30.6. The average molecular weight is 1120 g/mol. The van der Waals surface area contributed by atoms with Gasteiger partial charge in [-0.25, -0.2) is 0 Å². The third kappa shape index (κ3) is 8.25. The van der Waals surface area contributed by atoms with E-state index in [4.69, 9.17) is 0 Å². The Hall–Kier alpha value is -11.3. The molecule has 0 spiro atoms. The predicted molar refractivity (Wildman–Crippen MR) is 378 cm³/mol. The van der Waals surface area contributed by atoms with Crippen LogP contribution in [0.4, 0.5) is 0 Å². The third-order valence-electron chi connectivity index (χ3n) is 18.4. The minimum Gasteiger partial charge on any atom is -0.309 e. The molecule has 412 valence electrons. The minimum absolute atomic E-state index is 1.17. The van der Waals surface area contributed by atoms with Crippen LogP contribution in [0.15, 0.2) is 315 Å². The highest BCUT2D eigenvalue weighted by Crippen LogP contribution is 2.47. The van der Waals surface area contributed by atoms with Crippen LogP contribution in [0.2, 0.25) is 0 Å². The van der Waals surface area contributed by atoms with E-state index in [0.717, 1.165) is 0 Å². The summed E-state index contributed by atoms with van der Waals surface area (Å²) >= 11 is 0. The van der Waals surface area contributed by atoms with Gasteiger partial charge in [0.05, 0.1) is 22.1 Å². The molecule has 0 radical (unpaired) electrons. The van der Waals surface area contributed by atoms with Gasteiger partial charge in [-0.15, -0.1) is 0 Å². The van der Waals surface area contributed by atoms with Gasteiger partial charge in [0, 0.05) is 32.9 Å². The van der Waals surface area contributed by atoms with Crippen molar-refractivity contribution < 1.29 is 0 Å². The van der Waals surface area contributed by atoms with Crippen LogP contribution in [0.1, 0.15) is 11.1 Å². The van der Waals surface area contributed by atoms with Crippen molar-refractivity contribution in [1.82, 2.24) is 9.13 Å². The van der Waals surface area contributed by atoms with E-state index in [1.54, 1.807) is 0 Å². The van der Waals surface area contributed by atoms with E-state index in [2.05, 4.69) is 338 Å². The average Bonchev–Trinajstić information content (AvgIpc) is 1.19. The van der Waals surface area contributed by atoms with E-state index in [9.17, 15) is 0 Å². The van der Waals surface area contributed by atoms with Crippen LogP contribution in [0, 0.1) is 13.8 Å². The van der Waals surface area contributed by atoms with E-state index >= 15 is 0 Å². The molecule has 0 saturated carbocycles. The second kappa shape index (κ2) is 20.7. The van der Waals surface area contributed by atoms with Gasteiger partial charge in [0.15, 0.2) is 0 Å². The first kappa shape index (κ1) is 51.1. The Morgan fingerprint density at radius 1 is 0.182 bits per heavy atom. The molecule has 0 N–H and O–H groups in total. The molecule has 16 aromatic carbocycles. The van der Waals surface area contributed by atoms with Gasteiger partial charge < -0.3 is 9.13 Å². The topological polar surface area (TPSA) is 9.86 Å². The van der Waals surface area contributed by atoms with Gasteiger partial charge in [-0.1, -0.05) is 260 Å². The molecule has 0 unspecified atom stereocenters. The lowest BCUT2D eigenvalue weighted by Gasteiger charge is -2.18. The van der Waals surface area contributed by atoms with Crippen LogP contribution in [-0.4, -0.2) is 9.13 Å². The zero-order valence-electron chi connectivity index (χ0n) is 48.9. The van der Waals surface area contributed by atoms with E-state index in [1.807, 2.05) is 0 Å². The van der Waals surface area contributed by atoms with Crippen LogP contribution in [-0.2, 0) is 0 Å². The molecule has 18 rings (SSSR count). The number of fused-ring (bicyclic) bond motifs is 13. The number of nitrogens with zero attached hydrogens (tertiary/aromatic N) is 2. The summed E-state index contributed by atoms with van der Waals surface area (Å²) in [6.45, 7) is 4.34. The second-order valence-corrected chi connectivity index (χ2v) is 23.6. The Morgan fingerprint density at radius 3 is 0.898 bits per heavy atom. The Morgan fingerprint density at radius 2 is 0.477 bits per heavy atom. The summed E-state index contributed by atoms with van der Waals surface area (Å²) in [7, 11) is 0. The number of aryl methyl sites for hydroxylation is 2. The molecule has 0 amide bonds. The van der Waals surface area contributed by atoms with E-state index < -0.39 is 0 Å². The lowest BCUT2D eigenvalue weighted by molar-refractivity contribution is 1.18. The summed E-state index contributed by atoms with van der Waals surface area (Å²) in [5, 5.41) is 20.5. The lowest BCUT2D eigenvalue weighted by Crippen LogP contribution is -1.95. The van der Waals surface area contributed by atoms with Gasteiger partial charge in [0.1, 0.15) is 0 Å². The normalized spacial score (nSPS) is 11.8. The summed E-state index contributed by atoms with van der Waals surface area (Å²) in [4.78, 5) is 0. The highest BCUT2D eigenvalue weighted by Gasteiger charge is 2.21. The molecule has 0 atom stereocenters. The molecule has 2 heterocycles. The summed E-state index contributed by atoms with van der Waals surface area (Å²) in [5.41, 5.74) is 19.9. The monoisotopic (exact) mass is 1120 g/mol. The van der Waals surface area contributed by atoms with Crippen molar-refractivity contribution in [2.75, 3.05) is 0 Å². The number of aromatic nitrogens is 2. The van der Waals surface area contributed by atoms with E-state index in [0.29, 0.717) is 0 Å². The minimum atomic E-state index is 1.17. The first-order chi connectivity index (χ1) is 43.5. The van der Waals surface area contributed by atoms with Crippen molar-refractivity contribution in [2.24, 2.45) is 0 Å². The van der Waals surface area contributed by atoms with E-state index in [1.165, 1.54) is 175 Å². The molecule has 2 aromatic heterocycles. The fourth-order valence-electron chi connectivity index (χ4n) is 14.5. The van der Waals surface area contributed by atoms with Crippen LogP contribution >= 0.6 is 0 Å². The number of hydrogen-bond acceptors (Lipinski definition) is 0. The Kier molecular flexibility index (Phi) is 12.0. The SMILES string of the molecule is Cc1ccc2c(c1)c1cc(C)ccc1n2-c1ccc(-c2c3ccccc3c(-c3ccccc3)c3ccccc23)cc1.c1ccc2c(c1)ccc1ccc(-c3c4ccccc4c(-c4ccc(-n5c6ccccc6c6ccccc65)cc4)c4ccccc34)cc12. The van der Waals surface area contributed by atoms with Crippen LogP contribution in [0.5, 0.6) is 0 Å². The zero-order valence-corrected chi connectivity index (χ0v) is 48.9. The Labute approximate surface area is 510 Å². The molecular formula is C86H58N2. The lowest BCUT2D eigenvalue weighted by atomic mass is 9.85. The molecule has 0 aliphatic rings. The molecule has 0 saturated heterocycles. The zero-order chi connectivity index (χ0) is 58.4. The summed E-state index contributed by atoms with van der Waals surface area (Å²) in [5.74, 6) is 0. The maximum Gasteiger partial charge on any atom is 0.0541 e. The molecular weight excluding hydrogens is 1060 g/mol. The highest BCUT2D eigenvalue weighted by molar-refractivity contribution is 6.24. The van der Waals surface area contributed by atoms with Gasteiger partial charge in [0.2, 0.25) is 0 Å². The van der Waals surface area contributed by atoms with Crippen LogP contribution in [0.3, 0.4) is 0 Å². The predicted octanol–water partition coefficient (Wildman–Crippen LogP) is 23.8. The quantitative estimate of drug-likeness (QED) is 0.116. The largest absolute Gasteiger partial charge is 0.309 e. The maximum atomic E-state index is 2.40. The Balaban J connectivity index is 0.000000138. The van der Waals surface area contributed by atoms with E-state index in [-0.39, 0.29) is 0 Å². The molecule has 2 heteroatoms. The standard InChI is InChI=1S/C46H29N.C40H29N/c1-2-12-35-30(11-1)21-22-31-23-24-33(29-42(31)35)46-40-17-5-3-15-38(40)45(39-16-4-6-18-41(39)46)32-25-27-34(28-26-32)47-43-19-9-7-13-36(43)37-14-8-10-20-44(37)47;1-26-16-22-37-35(24-26)36-25-27(2)17-23-38(36)41(37)30-20-18-29(19-21-30)40-33-14-8-6-12-31(33)39(28-10-4-3-5-11-28)32-13-7-9-15-34(32)40/h1-29H;3-25H,1-2H3. The molecule has 88 heavy (non-hydrogen) atoms. The van der Waals surface area contributed by atoms with Crippen LogP contribution in [0.25, 0.3) is 164 Å². The van der Waals surface area contributed by atoms with Gasteiger partial charge >= 0.3 is 0 Å². The van der Waals surface area contributed by atoms with Gasteiger partial charge in [-0.05, 0) is 190 Å². The van der Waals surface area contributed by atoms with Gasteiger partial charge in [-0.2, -0.15) is 0 Å². The maximum absolute atomic E-state index is 2.40. The van der Waals surface area contributed by atoms with Gasteiger partial charge in [0.25, 0.3) is 0 Å².